The molecule has 7 nitrogen and oxygen atoms in total. The fraction of sp³-hybridized carbons (Fsp3) is 0.333. The average molecular weight is 331 g/mol. The third-order valence-corrected chi connectivity index (χ3v) is 4.22. The standard InChI is InChI=1S/C15H15ClN6O/c16-10-5-2-6-11(7-10)18-13-12(17-8-9-3-1-4-9)19-14-15(20-13)22-23-21-14/h2,5-7,9H,1,3-4,8H2,(H,17,19,21)(H,18,20,22). The number of fused-ring (bicyclic) bond motifs is 1. The highest BCUT2D eigenvalue weighted by Gasteiger charge is 2.19. The summed E-state index contributed by atoms with van der Waals surface area (Å²) in [6.45, 7) is 0.871. The minimum atomic E-state index is 0.365. The van der Waals surface area contributed by atoms with Crippen LogP contribution in [0.2, 0.25) is 5.02 Å². The highest BCUT2D eigenvalue weighted by molar-refractivity contribution is 6.30. The normalized spacial score (nSPS) is 14.7. The van der Waals surface area contributed by atoms with E-state index >= 15 is 0 Å². The summed E-state index contributed by atoms with van der Waals surface area (Å²) in [5, 5.41) is 14.7. The molecule has 8 heteroatoms. The summed E-state index contributed by atoms with van der Waals surface area (Å²) in [5.74, 6) is 1.91. The molecule has 1 aliphatic carbocycles. The van der Waals surface area contributed by atoms with Gasteiger partial charge in [-0.2, -0.15) is 0 Å². The Morgan fingerprint density at radius 1 is 1.13 bits per heavy atom. The van der Waals surface area contributed by atoms with E-state index in [1.165, 1.54) is 19.3 Å². The van der Waals surface area contributed by atoms with Gasteiger partial charge in [-0.25, -0.2) is 14.6 Å². The van der Waals surface area contributed by atoms with Gasteiger partial charge in [0.05, 0.1) is 0 Å². The van der Waals surface area contributed by atoms with Gasteiger partial charge in [-0.3, -0.25) is 0 Å². The van der Waals surface area contributed by atoms with Crippen LogP contribution in [0.15, 0.2) is 28.9 Å². The number of halogens is 1. The van der Waals surface area contributed by atoms with Gasteiger partial charge < -0.3 is 10.6 Å². The molecule has 1 aromatic carbocycles. The molecule has 0 unspecified atom stereocenters. The zero-order valence-corrected chi connectivity index (χ0v) is 13.0. The van der Waals surface area contributed by atoms with Gasteiger partial charge in [0.15, 0.2) is 11.6 Å². The number of anilines is 3. The number of hydrogen-bond acceptors (Lipinski definition) is 7. The third-order valence-electron chi connectivity index (χ3n) is 3.98. The van der Waals surface area contributed by atoms with Crippen molar-refractivity contribution in [2.24, 2.45) is 5.92 Å². The van der Waals surface area contributed by atoms with Crippen molar-refractivity contribution in [1.29, 1.82) is 0 Å². The summed E-state index contributed by atoms with van der Waals surface area (Å²) in [4.78, 5) is 8.88. The molecule has 3 aromatic rings. The molecule has 2 aromatic heterocycles. The highest BCUT2D eigenvalue weighted by Crippen LogP contribution is 2.29. The molecule has 0 bridgehead atoms. The van der Waals surface area contributed by atoms with Crippen molar-refractivity contribution in [1.82, 2.24) is 20.3 Å². The molecule has 0 amide bonds. The summed E-state index contributed by atoms with van der Waals surface area (Å²) in [6, 6.07) is 7.42. The molecule has 0 radical (unpaired) electrons. The Bertz CT molecular complexity index is 832. The zero-order valence-electron chi connectivity index (χ0n) is 12.3. The second-order valence-electron chi connectivity index (χ2n) is 5.65. The highest BCUT2D eigenvalue weighted by atomic mass is 35.5. The quantitative estimate of drug-likeness (QED) is 0.738. The molecule has 4 rings (SSSR count). The Balaban J connectivity index is 1.64. The molecule has 1 fully saturated rings. The maximum absolute atomic E-state index is 6.03. The number of hydrogen-bond donors (Lipinski definition) is 2. The van der Waals surface area contributed by atoms with Gasteiger partial charge in [-0.05, 0) is 47.3 Å². The number of rotatable bonds is 5. The Morgan fingerprint density at radius 3 is 2.61 bits per heavy atom. The SMILES string of the molecule is Clc1cccc(Nc2nc3nonc3nc2NCC2CCC2)c1. The van der Waals surface area contributed by atoms with E-state index in [0.29, 0.717) is 33.9 Å². The number of nitrogens with zero attached hydrogens (tertiary/aromatic N) is 4. The second kappa shape index (κ2) is 6.00. The van der Waals surface area contributed by atoms with Gasteiger partial charge in [0.1, 0.15) is 0 Å². The smallest absolute Gasteiger partial charge is 0.245 e. The number of benzene rings is 1. The van der Waals surface area contributed by atoms with Gasteiger partial charge in [-0.15, -0.1) is 0 Å². The van der Waals surface area contributed by atoms with Crippen LogP contribution in [0.3, 0.4) is 0 Å². The first-order chi connectivity index (χ1) is 11.3. The molecule has 0 saturated heterocycles. The molecule has 2 N–H and O–H groups in total. The van der Waals surface area contributed by atoms with Crippen LogP contribution in [0.4, 0.5) is 17.3 Å². The minimum absolute atomic E-state index is 0.365. The first-order valence-electron chi connectivity index (χ1n) is 7.55. The predicted octanol–water partition coefficient (Wildman–Crippen LogP) is 3.62. The minimum Gasteiger partial charge on any atom is -0.367 e. The Kier molecular flexibility index (Phi) is 3.70. The van der Waals surface area contributed by atoms with Crippen molar-refractivity contribution in [2.75, 3.05) is 17.2 Å². The van der Waals surface area contributed by atoms with Crippen molar-refractivity contribution >= 4 is 40.2 Å². The summed E-state index contributed by atoms with van der Waals surface area (Å²) in [6.07, 6.45) is 3.81. The van der Waals surface area contributed by atoms with Crippen LogP contribution in [0.1, 0.15) is 19.3 Å². The first-order valence-corrected chi connectivity index (χ1v) is 7.92. The Hall–Kier alpha value is -2.41. The van der Waals surface area contributed by atoms with Crippen LogP contribution in [-0.4, -0.2) is 26.8 Å². The van der Waals surface area contributed by atoms with Gasteiger partial charge >= 0.3 is 0 Å². The molecule has 1 aliphatic rings. The second-order valence-corrected chi connectivity index (χ2v) is 6.08. The largest absolute Gasteiger partial charge is 0.367 e. The molecular weight excluding hydrogens is 316 g/mol. The van der Waals surface area contributed by atoms with E-state index in [-0.39, 0.29) is 0 Å². The monoisotopic (exact) mass is 330 g/mol. The third kappa shape index (κ3) is 3.05. The topological polar surface area (TPSA) is 88.8 Å². The van der Waals surface area contributed by atoms with E-state index in [0.717, 1.165) is 12.2 Å². The molecule has 2 heterocycles. The molecule has 0 spiro atoms. The number of nitrogens with one attached hydrogen (secondary N) is 2. The summed E-state index contributed by atoms with van der Waals surface area (Å²) in [5.41, 5.74) is 1.58. The number of aromatic nitrogens is 4. The van der Waals surface area contributed by atoms with E-state index in [1.54, 1.807) is 0 Å². The van der Waals surface area contributed by atoms with Crippen LogP contribution in [0.5, 0.6) is 0 Å². The Morgan fingerprint density at radius 2 is 1.91 bits per heavy atom. The van der Waals surface area contributed by atoms with E-state index in [9.17, 15) is 0 Å². The van der Waals surface area contributed by atoms with Crippen molar-refractivity contribution in [3.8, 4) is 0 Å². The maximum Gasteiger partial charge on any atom is 0.245 e. The van der Waals surface area contributed by atoms with E-state index in [1.807, 2.05) is 24.3 Å². The lowest BCUT2D eigenvalue weighted by molar-refractivity contribution is 0.314. The molecule has 23 heavy (non-hydrogen) atoms. The average Bonchev–Trinajstić information content (AvgIpc) is 2.93. The molecule has 0 aliphatic heterocycles. The van der Waals surface area contributed by atoms with Crippen molar-refractivity contribution in [3.05, 3.63) is 29.3 Å². The lowest BCUT2D eigenvalue weighted by Gasteiger charge is -2.25. The maximum atomic E-state index is 6.03. The molecule has 0 atom stereocenters. The van der Waals surface area contributed by atoms with Crippen LogP contribution in [0, 0.1) is 5.92 Å². The summed E-state index contributed by atoms with van der Waals surface area (Å²) >= 11 is 6.03. The van der Waals surface area contributed by atoms with Crippen LogP contribution >= 0.6 is 11.6 Å². The van der Waals surface area contributed by atoms with E-state index in [2.05, 4.69) is 30.9 Å². The van der Waals surface area contributed by atoms with Crippen molar-refractivity contribution < 1.29 is 4.63 Å². The first kappa shape index (κ1) is 14.2. The lowest BCUT2D eigenvalue weighted by Crippen LogP contribution is -2.22. The van der Waals surface area contributed by atoms with E-state index < -0.39 is 0 Å². The Labute approximate surface area is 137 Å². The van der Waals surface area contributed by atoms with Crippen LogP contribution < -0.4 is 10.6 Å². The molecule has 118 valence electrons. The fourth-order valence-corrected chi connectivity index (χ4v) is 2.68. The summed E-state index contributed by atoms with van der Waals surface area (Å²) in [7, 11) is 0. The van der Waals surface area contributed by atoms with Gasteiger partial charge in [-0.1, -0.05) is 24.1 Å². The molecular formula is C15H15ClN6O. The van der Waals surface area contributed by atoms with Crippen molar-refractivity contribution in [2.45, 2.75) is 19.3 Å². The summed E-state index contributed by atoms with van der Waals surface area (Å²) < 4.78 is 4.70. The van der Waals surface area contributed by atoms with Crippen molar-refractivity contribution in [3.63, 3.8) is 0 Å². The van der Waals surface area contributed by atoms with Gasteiger partial charge in [0.2, 0.25) is 11.3 Å². The molecule has 1 saturated carbocycles. The predicted molar refractivity (Wildman–Crippen MR) is 88.0 cm³/mol. The lowest BCUT2D eigenvalue weighted by atomic mass is 9.85. The van der Waals surface area contributed by atoms with Gasteiger partial charge in [0.25, 0.3) is 0 Å². The van der Waals surface area contributed by atoms with Crippen LogP contribution in [0.25, 0.3) is 11.3 Å². The zero-order chi connectivity index (χ0) is 15.6. The van der Waals surface area contributed by atoms with E-state index in [4.69, 9.17) is 16.2 Å². The van der Waals surface area contributed by atoms with Gasteiger partial charge in [0, 0.05) is 17.3 Å². The van der Waals surface area contributed by atoms with Crippen LogP contribution in [-0.2, 0) is 0 Å². The fourth-order valence-electron chi connectivity index (χ4n) is 2.49.